The van der Waals surface area contributed by atoms with Crippen LogP contribution in [-0.4, -0.2) is 17.3 Å². The van der Waals surface area contributed by atoms with Gasteiger partial charge in [-0.05, 0) is 60.6 Å². The molecule has 0 heterocycles. The normalized spacial score (nSPS) is 11.3. The summed E-state index contributed by atoms with van der Waals surface area (Å²) < 4.78 is 0. The molecule has 0 spiro atoms. The first-order chi connectivity index (χ1) is 14.3. The maximum atomic E-state index is 2.50. The van der Waals surface area contributed by atoms with E-state index < -0.39 is 0 Å². The van der Waals surface area contributed by atoms with Crippen molar-refractivity contribution in [2.45, 2.75) is 126 Å². The topological polar surface area (TPSA) is 0 Å². The number of thioether (sulfide) groups is 3. The van der Waals surface area contributed by atoms with E-state index in [4.69, 9.17) is 0 Å². The molecule has 168 valence electrons. The van der Waals surface area contributed by atoms with Gasteiger partial charge in [0.15, 0.2) is 0 Å². The fourth-order valence-electron chi connectivity index (χ4n) is 3.32. The molecule has 3 heteroatoms. The van der Waals surface area contributed by atoms with E-state index in [1.807, 2.05) is 0 Å². The van der Waals surface area contributed by atoms with Gasteiger partial charge in [-0.25, -0.2) is 0 Å². The SMILES string of the molecule is CCCCCCSc1cc(CC)cc(SCCCCCC)c1SCCCCCC. The highest BCUT2D eigenvalue weighted by Gasteiger charge is 2.13. The number of hydrogen-bond acceptors (Lipinski definition) is 3. The lowest BCUT2D eigenvalue weighted by molar-refractivity contribution is 0.705. The fraction of sp³-hybridized carbons (Fsp3) is 0.769. The summed E-state index contributed by atoms with van der Waals surface area (Å²) in [6.45, 7) is 9.21. The molecule has 1 rings (SSSR count). The standard InChI is InChI=1S/C26H46S3/c1-5-9-12-15-18-27-24-21-23(8-4)22-25(28-19-16-13-10-6-2)26(24)29-20-17-14-11-7-3/h21-22H,5-20H2,1-4H3. The number of unbranched alkanes of at least 4 members (excludes halogenated alkanes) is 9. The van der Waals surface area contributed by atoms with Crippen molar-refractivity contribution in [3.63, 3.8) is 0 Å². The first-order valence-corrected chi connectivity index (χ1v) is 15.3. The van der Waals surface area contributed by atoms with E-state index in [0.29, 0.717) is 0 Å². The van der Waals surface area contributed by atoms with Crippen LogP contribution in [-0.2, 0) is 6.42 Å². The van der Waals surface area contributed by atoms with E-state index in [-0.39, 0.29) is 0 Å². The molecule has 1 aromatic carbocycles. The summed E-state index contributed by atoms with van der Waals surface area (Å²) in [5.41, 5.74) is 1.52. The van der Waals surface area contributed by atoms with Crippen LogP contribution in [0.15, 0.2) is 26.8 Å². The lowest BCUT2D eigenvalue weighted by Gasteiger charge is -2.16. The Labute approximate surface area is 195 Å². The highest BCUT2D eigenvalue weighted by molar-refractivity contribution is 8.03. The molecule has 0 aromatic heterocycles. The highest BCUT2D eigenvalue weighted by atomic mass is 32.2. The van der Waals surface area contributed by atoms with Gasteiger partial charge in [-0.2, -0.15) is 0 Å². The molecule has 0 aliphatic heterocycles. The highest BCUT2D eigenvalue weighted by Crippen LogP contribution is 2.41. The van der Waals surface area contributed by atoms with Crippen LogP contribution in [0.1, 0.15) is 110 Å². The third-order valence-corrected chi connectivity index (χ3v) is 8.98. The molecule has 0 saturated heterocycles. The second-order valence-electron chi connectivity index (χ2n) is 8.00. The Bertz CT molecular complexity index is 478. The number of rotatable bonds is 19. The largest absolute Gasteiger partial charge is 0.125 e. The van der Waals surface area contributed by atoms with E-state index in [0.717, 1.165) is 6.42 Å². The maximum absolute atomic E-state index is 2.50. The van der Waals surface area contributed by atoms with Gasteiger partial charge in [0.25, 0.3) is 0 Å². The molecular formula is C26H46S3. The van der Waals surface area contributed by atoms with Crippen molar-refractivity contribution in [1.29, 1.82) is 0 Å². The smallest absolute Gasteiger partial charge is 0.0344 e. The van der Waals surface area contributed by atoms with Gasteiger partial charge in [-0.1, -0.05) is 85.5 Å². The summed E-state index contributed by atoms with van der Waals surface area (Å²) in [5.74, 6) is 3.83. The Balaban J connectivity index is 2.81. The van der Waals surface area contributed by atoms with E-state index in [1.54, 1.807) is 14.7 Å². The van der Waals surface area contributed by atoms with Crippen LogP contribution in [0.5, 0.6) is 0 Å². The monoisotopic (exact) mass is 454 g/mol. The van der Waals surface area contributed by atoms with Crippen molar-refractivity contribution in [3.8, 4) is 0 Å². The molecule has 0 fully saturated rings. The number of hydrogen-bond donors (Lipinski definition) is 0. The number of benzene rings is 1. The van der Waals surface area contributed by atoms with Crippen LogP contribution < -0.4 is 0 Å². The minimum atomic E-state index is 1.15. The maximum Gasteiger partial charge on any atom is 0.0344 e. The summed E-state index contributed by atoms with van der Waals surface area (Å²) in [6, 6.07) is 5.00. The molecule has 0 aliphatic carbocycles. The Morgan fingerprint density at radius 1 is 0.517 bits per heavy atom. The first-order valence-electron chi connectivity index (χ1n) is 12.3. The van der Waals surface area contributed by atoms with Crippen molar-refractivity contribution in [3.05, 3.63) is 17.7 Å². The first kappa shape index (κ1) is 27.3. The third kappa shape index (κ3) is 12.7. The third-order valence-electron chi connectivity index (χ3n) is 5.24. The lowest BCUT2D eigenvalue weighted by atomic mass is 10.2. The van der Waals surface area contributed by atoms with Crippen LogP contribution in [0.2, 0.25) is 0 Å². The van der Waals surface area contributed by atoms with Crippen LogP contribution in [0.25, 0.3) is 0 Å². The minimum Gasteiger partial charge on any atom is -0.125 e. The molecule has 0 amide bonds. The Morgan fingerprint density at radius 3 is 1.31 bits per heavy atom. The molecule has 0 radical (unpaired) electrons. The molecule has 0 aliphatic rings. The van der Waals surface area contributed by atoms with Crippen molar-refractivity contribution < 1.29 is 0 Å². The zero-order valence-electron chi connectivity index (χ0n) is 19.7. The van der Waals surface area contributed by atoms with Crippen LogP contribution >= 0.6 is 35.3 Å². The summed E-state index contributed by atoms with van der Waals surface area (Å²) >= 11 is 6.38. The quantitative estimate of drug-likeness (QED) is 0.151. The van der Waals surface area contributed by atoms with Crippen molar-refractivity contribution in [2.75, 3.05) is 17.3 Å². The minimum absolute atomic E-state index is 1.15. The van der Waals surface area contributed by atoms with E-state index in [1.165, 1.54) is 99.9 Å². The fourth-order valence-corrected chi connectivity index (χ4v) is 7.13. The predicted octanol–water partition coefficient (Wildman–Crippen LogP) is 10.3. The van der Waals surface area contributed by atoms with Gasteiger partial charge in [0.1, 0.15) is 0 Å². The molecule has 0 nitrogen and oxygen atoms in total. The van der Waals surface area contributed by atoms with E-state index >= 15 is 0 Å². The molecular weight excluding hydrogens is 408 g/mol. The van der Waals surface area contributed by atoms with Crippen molar-refractivity contribution in [2.24, 2.45) is 0 Å². The van der Waals surface area contributed by atoms with Gasteiger partial charge in [0.2, 0.25) is 0 Å². The second kappa shape index (κ2) is 19.0. The molecule has 0 bridgehead atoms. The summed E-state index contributed by atoms with van der Waals surface area (Å²) in [7, 11) is 0. The Kier molecular flexibility index (Phi) is 17.9. The summed E-state index contributed by atoms with van der Waals surface area (Å²) in [4.78, 5) is 4.73. The molecule has 29 heavy (non-hydrogen) atoms. The van der Waals surface area contributed by atoms with Gasteiger partial charge in [-0.15, -0.1) is 35.3 Å². The van der Waals surface area contributed by atoms with Gasteiger partial charge in [-0.3, -0.25) is 0 Å². The van der Waals surface area contributed by atoms with Gasteiger partial charge in [0.05, 0.1) is 0 Å². The van der Waals surface area contributed by atoms with Crippen molar-refractivity contribution in [1.82, 2.24) is 0 Å². The predicted molar refractivity (Wildman–Crippen MR) is 140 cm³/mol. The molecule has 0 unspecified atom stereocenters. The van der Waals surface area contributed by atoms with E-state index in [9.17, 15) is 0 Å². The summed E-state index contributed by atoms with van der Waals surface area (Å²) in [6.07, 6.45) is 17.5. The van der Waals surface area contributed by atoms with Gasteiger partial charge >= 0.3 is 0 Å². The molecule has 0 atom stereocenters. The molecule has 0 N–H and O–H groups in total. The Morgan fingerprint density at radius 2 is 0.931 bits per heavy atom. The average molecular weight is 455 g/mol. The second-order valence-corrected chi connectivity index (χ2v) is 11.4. The molecule has 1 aromatic rings. The Hall–Kier alpha value is 0.270. The van der Waals surface area contributed by atoms with Crippen LogP contribution in [0, 0.1) is 0 Å². The number of aryl methyl sites for hydroxylation is 1. The van der Waals surface area contributed by atoms with Gasteiger partial charge < -0.3 is 0 Å². The zero-order chi connectivity index (χ0) is 21.2. The van der Waals surface area contributed by atoms with Gasteiger partial charge in [0, 0.05) is 14.7 Å². The zero-order valence-corrected chi connectivity index (χ0v) is 22.1. The average Bonchev–Trinajstić information content (AvgIpc) is 2.74. The van der Waals surface area contributed by atoms with Crippen molar-refractivity contribution >= 4 is 35.3 Å². The summed E-state index contributed by atoms with van der Waals surface area (Å²) in [5, 5.41) is 0. The molecule has 0 saturated carbocycles. The van der Waals surface area contributed by atoms with Crippen LogP contribution in [0.3, 0.4) is 0 Å². The van der Waals surface area contributed by atoms with E-state index in [2.05, 4.69) is 75.1 Å². The lowest BCUT2D eigenvalue weighted by Crippen LogP contribution is -1.93. The van der Waals surface area contributed by atoms with Crippen LogP contribution in [0.4, 0.5) is 0 Å².